The number of hydrogen-bond acceptors (Lipinski definition) is 4. The van der Waals surface area contributed by atoms with Crippen molar-refractivity contribution < 1.29 is 4.79 Å². The van der Waals surface area contributed by atoms with Gasteiger partial charge in [-0.2, -0.15) is 11.8 Å². The van der Waals surface area contributed by atoms with Crippen LogP contribution >= 0.6 is 11.8 Å². The summed E-state index contributed by atoms with van der Waals surface area (Å²) in [7, 11) is 0. The van der Waals surface area contributed by atoms with Crippen LogP contribution in [0.15, 0.2) is 18.5 Å². The fourth-order valence-corrected chi connectivity index (χ4v) is 2.45. The summed E-state index contributed by atoms with van der Waals surface area (Å²) < 4.78 is 0.264. The number of nitrogens with one attached hydrogen (secondary N) is 1. The van der Waals surface area contributed by atoms with Crippen LogP contribution in [0, 0.1) is 11.8 Å². The van der Waals surface area contributed by atoms with Gasteiger partial charge in [0.25, 0.3) is 5.91 Å². The topological polar surface area (TPSA) is 68.0 Å². The first-order chi connectivity index (χ1) is 9.19. The first kappa shape index (κ1) is 13.9. The molecule has 0 spiro atoms. The van der Waals surface area contributed by atoms with Crippen molar-refractivity contribution in [3.05, 3.63) is 29.6 Å². The maximum atomic E-state index is 12.0. The largest absolute Gasteiger partial charge is 0.351 e. The molecule has 1 aromatic rings. The SMILES string of the molecule is CSC1(CNC(=O)c2cncc(C#CCN)c2)CC1. The Morgan fingerprint density at radius 3 is 3.00 bits per heavy atom. The number of nitrogens with two attached hydrogens (primary N) is 1. The number of amides is 1. The fraction of sp³-hybridized carbons (Fsp3) is 0.429. The van der Waals surface area contributed by atoms with Gasteiger partial charge in [-0.15, -0.1) is 0 Å². The molecule has 0 radical (unpaired) electrons. The van der Waals surface area contributed by atoms with Crippen LogP contribution in [0.3, 0.4) is 0 Å². The number of pyridine rings is 1. The fourth-order valence-electron chi connectivity index (χ4n) is 1.72. The van der Waals surface area contributed by atoms with E-state index in [4.69, 9.17) is 5.73 Å². The van der Waals surface area contributed by atoms with Crippen molar-refractivity contribution in [2.24, 2.45) is 5.73 Å². The summed E-state index contributed by atoms with van der Waals surface area (Å²) in [5.41, 5.74) is 6.57. The Kier molecular flexibility index (Phi) is 4.46. The van der Waals surface area contributed by atoms with Crippen LogP contribution in [0.25, 0.3) is 0 Å². The lowest BCUT2D eigenvalue weighted by atomic mass is 10.2. The highest BCUT2D eigenvalue weighted by molar-refractivity contribution is 8.00. The molecular weight excluding hydrogens is 258 g/mol. The predicted octanol–water partition coefficient (Wildman–Crippen LogP) is 1.02. The van der Waals surface area contributed by atoms with E-state index in [-0.39, 0.29) is 10.7 Å². The van der Waals surface area contributed by atoms with Crippen molar-refractivity contribution in [3.63, 3.8) is 0 Å². The smallest absolute Gasteiger partial charge is 0.252 e. The summed E-state index contributed by atoms with van der Waals surface area (Å²) in [6.07, 6.45) is 7.62. The van der Waals surface area contributed by atoms with Gasteiger partial charge in [0.1, 0.15) is 0 Å². The van der Waals surface area contributed by atoms with Crippen LogP contribution in [-0.2, 0) is 0 Å². The number of nitrogens with zero attached hydrogens (tertiary/aromatic N) is 1. The zero-order chi connectivity index (χ0) is 13.7. The highest BCUT2D eigenvalue weighted by atomic mass is 32.2. The monoisotopic (exact) mass is 275 g/mol. The molecule has 19 heavy (non-hydrogen) atoms. The third kappa shape index (κ3) is 3.72. The predicted molar refractivity (Wildman–Crippen MR) is 78.0 cm³/mol. The lowest BCUT2D eigenvalue weighted by Gasteiger charge is -2.12. The standard InChI is InChI=1S/C14H17N3OS/c1-19-14(4-5-14)10-17-13(18)12-7-11(3-2-6-15)8-16-9-12/h7-9H,4-6,10,15H2,1H3,(H,17,18). The second-order valence-electron chi connectivity index (χ2n) is 4.54. The molecule has 1 amide bonds. The quantitative estimate of drug-likeness (QED) is 0.805. The van der Waals surface area contributed by atoms with E-state index in [9.17, 15) is 4.79 Å². The number of hydrogen-bond donors (Lipinski definition) is 2. The minimum atomic E-state index is -0.0933. The molecule has 2 rings (SSSR count). The van der Waals surface area contributed by atoms with Crippen LogP contribution in [0.5, 0.6) is 0 Å². The highest BCUT2D eigenvalue weighted by Crippen LogP contribution is 2.46. The molecule has 0 aromatic carbocycles. The molecule has 1 heterocycles. The van der Waals surface area contributed by atoms with Gasteiger partial charge < -0.3 is 11.1 Å². The van der Waals surface area contributed by atoms with Crippen LogP contribution in [-0.4, -0.2) is 35.0 Å². The van der Waals surface area contributed by atoms with Crippen LogP contribution in [0.2, 0.25) is 0 Å². The van der Waals surface area contributed by atoms with E-state index >= 15 is 0 Å². The molecule has 0 saturated heterocycles. The van der Waals surface area contributed by atoms with Gasteiger partial charge in [0.2, 0.25) is 0 Å². The molecule has 5 heteroatoms. The van der Waals surface area contributed by atoms with Gasteiger partial charge in [-0.05, 0) is 25.2 Å². The first-order valence-corrected chi connectivity index (χ1v) is 7.39. The second-order valence-corrected chi connectivity index (χ2v) is 5.81. The second kappa shape index (κ2) is 6.09. The molecule has 1 aliphatic carbocycles. The first-order valence-electron chi connectivity index (χ1n) is 6.16. The molecule has 0 unspecified atom stereocenters. The van der Waals surface area contributed by atoms with Gasteiger partial charge in [0.15, 0.2) is 0 Å². The zero-order valence-electron chi connectivity index (χ0n) is 10.9. The van der Waals surface area contributed by atoms with Crippen molar-refractivity contribution in [1.82, 2.24) is 10.3 Å². The Morgan fingerprint density at radius 1 is 1.58 bits per heavy atom. The third-order valence-electron chi connectivity index (χ3n) is 3.15. The number of aromatic nitrogens is 1. The van der Waals surface area contributed by atoms with Crippen molar-refractivity contribution in [1.29, 1.82) is 0 Å². The lowest BCUT2D eigenvalue weighted by molar-refractivity contribution is 0.0952. The van der Waals surface area contributed by atoms with Crippen LogP contribution in [0.1, 0.15) is 28.8 Å². The van der Waals surface area contributed by atoms with Gasteiger partial charge in [0, 0.05) is 29.2 Å². The Hall–Kier alpha value is -1.51. The summed E-state index contributed by atoms with van der Waals surface area (Å²) in [5.74, 6) is 5.53. The Bertz CT molecular complexity index is 529. The maximum Gasteiger partial charge on any atom is 0.252 e. The molecular formula is C14H17N3OS. The van der Waals surface area contributed by atoms with Crippen molar-refractivity contribution >= 4 is 17.7 Å². The Balaban J connectivity index is 1.98. The summed E-state index contributed by atoms with van der Waals surface area (Å²) >= 11 is 1.82. The summed E-state index contributed by atoms with van der Waals surface area (Å²) in [5, 5.41) is 2.96. The normalized spacial score (nSPS) is 15.3. The molecule has 100 valence electrons. The van der Waals surface area contributed by atoms with Crippen molar-refractivity contribution in [3.8, 4) is 11.8 Å². The zero-order valence-corrected chi connectivity index (χ0v) is 11.7. The number of thioether (sulfide) groups is 1. The molecule has 1 aliphatic rings. The van der Waals surface area contributed by atoms with Crippen LogP contribution < -0.4 is 11.1 Å². The van der Waals surface area contributed by atoms with E-state index in [0.717, 1.165) is 0 Å². The lowest BCUT2D eigenvalue weighted by Crippen LogP contribution is -2.31. The molecule has 4 nitrogen and oxygen atoms in total. The summed E-state index contributed by atoms with van der Waals surface area (Å²) in [4.78, 5) is 16.1. The molecule has 0 atom stereocenters. The van der Waals surface area contributed by atoms with Gasteiger partial charge in [-0.3, -0.25) is 9.78 Å². The highest BCUT2D eigenvalue weighted by Gasteiger charge is 2.41. The molecule has 1 saturated carbocycles. The van der Waals surface area contributed by atoms with E-state index in [1.807, 2.05) is 11.8 Å². The molecule has 1 fully saturated rings. The van der Waals surface area contributed by atoms with Gasteiger partial charge in [-0.1, -0.05) is 11.8 Å². The van der Waals surface area contributed by atoms with E-state index in [1.165, 1.54) is 12.8 Å². The third-order valence-corrected chi connectivity index (χ3v) is 4.57. The van der Waals surface area contributed by atoms with Crippen LogP contribution in [0.4, 0.5) is 0 Å². The van der Waals surface area contributed by atoms with Gasteiger partial charge in [-0.25, -0.2) is 0 Å². The average Bonchev–Trinajstić information content (AvgIpc) is 3.23. The van der Waals surface area contributed by atoms with Crippen molar-refractivity contribution in [2.45, 2.75) is 17.6 Å². The minimum Gasteiger partial charge on any atom is -0.351 e. The Morgan fingerprint density at radius 2 is 2.37 bits per heavy atom. The summed E-state index contributed by atoms with van der Waals surface area (Å²) in [6.45, 7) is 1.01. The van der Waals surface area contributed by atoms with E-state index in [1.54, 1.807) is 18.5 Å². The van der Waals surface area contributed by atoms with Gasteiger partial charge in [0.05, 0.1) is 12.1 Å². The van der Waals surface area contributed by atoms with E-state index in [0.29, 0.717) is 24.2 Å². The van der Waals surface area contributed by atoms with Gasteiger partial charge >= 0.3 is 0 Å². The maximum absolute atomic E-state index is 12.0. The molecule has 0 bridgehead atoms. The molecule has 3 N–H and O–H groups in total. The van der Waals surface area contributed by atoms with E-state index in [2.05, 4.69) is 28.4 Å². The number of carbonyl (C=O) groups is 1. The molecule has 1 aromatic heterocycles. The van der Waals surface area contributed by atoms with Crippen molar-refractivity contribution in [2.75, 3.05) is 19.3 Å². The van der Waals surface area contributed by atoms with E-state index < -0.39 is 0 Å². The number of rotatable bonds is 4. The average molecular weight is 275 g/mol. The number of carbonyl (C=O) groups excluding carboxylic acids is 1. The molecule has 0 aliphatic heterocycles. The Labute approximate surface area is 117 Å². The summed E-state index contributed by atoms with van der Waals surface area (Å²) in [6, 6.07) is 1.74. The minimum absolute atomic E-state index is 0.0933.